The van der Waals surface area contributed by atoms with E-state index in [1.807, 2.05) is 45.9 Å². The minimum Gasteiger partial charge on any atom is -0.353 e. The Morgan fingerprint density at radius 3 is 2.67 bits per heavy atom. The van der Waals surface area contributed by atoms with Crippen LogP contribution in [0.3, 0.4) is 0 Å². The van der Waals surface area contributed by atoms with Gasteiger partial charge in [-0.25, -0.2) is 4.98 Å². The number of rotatable bonds is 5. The summed E-state index contributed by atoms with van der Waals surface area (Å²) in [6.07, 6.45) is 4.47. The summed E-state index contributed by atoms with van der Waals surface area (Å²) >= 11 is 2.88. The Bertz CT molecular complexity index is 1170. The SMILES string of the molecule is Cc1cccc(-n2c(SCC(=O)NC3CCCC3)nc3sc(C)c(C)c3c2=O)c1C. The molecule has 30 heavy (non-hydrogen) atoms. The molecule has 1 aromatic carbocycles. The molecular formula is C23H27N3O2S2. The molecule has 7 heteroatoms. The Hall–Kier alpha value is -2.12. The Morgan fingerprint density at radius 2 is 1.93 bits per heavy atom. The minimum atomic E-state index is -0.0609. The number of hydrogen-bond acceptors (Lipinski definition) is 5. The molecule has 5 nitrogen and oxygen atoms in total. The number of aromatic nitrogens is 2. The molecule has 0 unspecified atom stereocenters. The average Bonchev–Trinajstić information content (AvgIpc) is 3.31. The summed E-state index contributed by atoms with van der Waals surface area (Å²) in [7, 11) is 0. The highest BCUT2D eigenvalue weighted by Crippen LogP contribution is 2.30. The van der Waals surface area contributed by atoms with Gasteiger partial charge >= 0.3 is 0 Å². The normalized spacial score (nSPS) is 14.5. The number of nitrogens with zero attached hydrogens (tertiary/aromatic N) is 2. The van der Waals surface area contributed by atoms with Crippen molar-refractivity contribution in [3.8, 4) is 5.69 Å². The molecule has 4 rings (SSSR count). The summed E-state index contributed by atoms with van der Waals surface area (Å²) < 4.78 is 1.69. The standard InChI is InChI=1S/C23H27N3O2S2/c1-13-8-7-11-18(14(13)2)26-22(28)20-15(3)16(4)30-21(20)25-23(26)29-12-19(27)24-17-9-5-6-10-17/h7-8,11,17H,5-6,9-10,12H2,1-4H3,(H,24,27). The molecule has 1 N–H and O–H groups in total. The van der Waals surface area contributed by atoms with Gasteiger partial charge in [0.1, 0.15) is 4.83 Å². The van der Waals surface area contributed by atoms with Crippen molar-refractivity contribution in [3.63, 3.8) is 0 Å². The number of carbonyl (C=O) groups is 1. The molecule has 0 atom stereocenters. The molecule has 1 saturated carbocycles. The van der Waals surface area contributed by atoms with Crippen molar-refractivity contribution in [2.75, 3.05) is 5.75 Å². The summed E-state index contributed by atoms with van der Waals surface area (Å²) in [5.41, 5.74) is 3.92. The first kappa shape index (κ1) is 21.1. The van der Waals surface area contributed by atoms with Gasteiger partial charge in [0.15, 0.2) is 5.16 Å². The minimum absolute atomic E-state index is 0.00676. The first-order valence-corrected chi connectivity index (χ1v) is 12.2. The van der Waals surface area contributed by atoms with Crippen LogP contribution >= 0.6 is 23.1 Å². The molecule has 0 spiro atoms. The van der Waals surface area contributed by atoms with Gasteiger partial charge in [-0.15, -0.1) is 11.3 Å². The van der Waals surface area contributed by atoms with E-state index in [-0.39, 0.29) is 23.3 Å². The van der Waals surface area contributed by atoms with Gasteiger partial charge in [-0.1, -0.05) is 36.7 Å². The summed E-state index contributed by atoms with van der Waals surface area (Å²) in [5, 5.41) is 4.37. The van der Waals surface area contributed by atoms with Crippen molar-refractivity contribution in [2.24, 2.45) is 0 Å². The zero-order chi connectivity index (χ0) is 21.4. The van der Waals surface area contributed by atoms with Gasteiger partial charge in [-0.2, -0.15) is 0 Å². The Balaban J connectivity index is 1.76. The lowest BCUT2D eigenvalue weighted by Gasteiger charge is -2.16. The van der Waals surface area contributed by atoms with Crippen LogP contribution in [-0.4, -0.2) is 27.3 Å². The Kier molecular flexibility index (Phi) is 6.02. The number of thioether (sulfide) groups is 1. The summed E-state index contributed by atoms with van der Waals surface area (Å²) in [4.78, 5) is 32.8. The van der Waals surface area contributed by atoms with Crippen LogP contribution in [0.2, 0.25) is 0 Å². The van der Waals surface area contributed by atoms with E-state index in [1.54, 1.807) is 15.9 Å². The molecular weight excluding hydrogens is 414 g/mol. The fourth-order valence-corrected chi connectivity index (χ4v) is 5.92. The van der Waals surface area contributed by atoms with Crippen molar-refractivity contribution < 1.29 is 4.79 Å². The molecule has 2 aromatic heterocycles. The molecule has 3 aromatic rings. The van der Waals surface area contributed by atoms with Gasteiger partial charge in [0.25, 0.3) is 5.56 Å². The highest BCUT2D eigenvalue weighted by Gasteiger charge is 2.21. The summed E-state index contributed by atoms with van der Waals surface area (Å²) in [5.74, 6) is 0.259. The molecule has 158 valence electrons. The predicted molar refractivity (Wildman–Crippen MR) is 125 cm³/mol. The summed E-state index contributed by atoms with van der Waals surface area (Å²) in [6, 6.07) is 6.24. The van der Waals surface area contributed by atoms with E-state index >= 15 is 0 Å². The van der Waals surface area contributed by atoms with Crippen LogP contribution in [0, 0.1) is 27.7 Å². The van der Waals surface area contributed by atoms with Crippen LogP contribution in [0.15, 0.2) is 28.2 Å². The fraction of sp³-hybridized carbons (Fsp3) is 0.435. The molecule has 0 radical (unpaired) electrons. The zero-order valence-corrected chi connectivity index (χ0v) is 19.5. The first-order chi connectivity index (χ1) is 14.4. The van der Waals surface area contributed by atoms with E-state index in [2.05, 4.69) is 5.32 Å². The molecule has 2 heterocycles. The van der Waals surface area contributed by atoms with Gasteiger partial charge < -0.3 is 5.32 Å². The number of nitrogens with one attached hydrogen (secondary N) is 1. The zero-order valence-electron chi connectivity index (χ0n) is 17.9. The number of fused-ring (bicyclic) bond motifs is 1. The van der Waals surface area contributed by atoms with Crippen LogP contribution in [0.4, 0.5) is 0 Å². The average molecular weight is 442 g/mol. The number of benzene rings is 1. The number of amides is 1. The Morgan fingerprint density at radius 1 is 1.20 bits per heavy atom. The largest absolute Gasteiger partial charge is 0.353 e. The van der Waals surface area contributed by atoms with Gasteiger partial charge in [0.05, 0.1) is 16.8 Å². The lowest BCUT2D eigenvalue weighted by atomic mass is 10.1. The quantitative estimate of drug-likeness (QED) is 0.455. The number of carbonyl (C=O) groups excluding carboxylic acids is 1. The predicted octanol–water partition coefficient (Wildman–Crippen LogP) is 4.83. The maximum Gasteiger partial charge on any atom is 0.267 e. The van der Waals surface area contributed by atoms with Gasteiger partial charge in [0.2, 0.25) is 5.91 Å². The second kappa shape index (κ2) is 8.55. The maximum absolute atomic E-state index is 13.6. The fourth-order valence-electron chi connectivity index (χ4n) is 4.03. The first-order valence-electron chi connectivity index (χ1n) is 10.4. The number of thiophene rings is 1. The molecule has 0 bridgehead atoms. The van der Waals surface area contributed by atoms with Crippen LogP contribution in [-0.2, 0) is 4.79 Å². The third kappa shape index (κ3) is 3.93. The smallest absolute Gasteiger partial charge is 0.267 e. The van der Waals surface area contributed by atoms with E-state index in [0.717, 1.165) is 44.9 Å². The monoisotopic (exact) mass is 441 g/mol. The van der Waals surface area contributed by atoms with Crippen molar-refractivity contribution in [1.82, 2.24) is 14.9 Å². The molecule has 0 saturated heterocycles. The van der Waals surface area contributed by atoms with Crippen LogP contribution in [0.1, 0.15) is 47.3 Å². The van der Waals surface area contributed by atoms with E-state index in [0.29, 0.717) is 10.5 Å². The topological polar surface area (TPSA) is 64.0 Å². The highest BCUT2D eigenvalue weighted by atomic mass is 32.2. The Labute approximate surface area is 184 Å². The van der Waals surface area contributed by atoms with Crippen LogP contribution in [0.25, 0.3) is 15.9 Å². The lowest BCUT2D eigenvalue weighted by molar-refractivity contribution is -0.119. The summed E-state index contributed by atoms with van der Waals surface area (Å²) in [6.45, 7) is 8.06. The number of hydrogen-bond donors (Lipinski definition) is 1. The maximum atomic E-state index is 13.6. The van der Waals surface area contributed by atoms with Gasteiger partial charge in [0, 0.05) is 10.9 Å². The molecule has 1 fully saturated rings. The molecule has 1 aliphatic carbocycles. The number of aryl methyl sites for hydroxylation is 3. The third-order valence-corrected chi connectivity index (χ3v) is 8.08. The van der Waals surface area contributed by atoms with E-state index in [9.17, 15) is 9.59 Å². The van der Waals surface area contributed by atoms with Crippen LogP contribution in [0.5, 0.6) is 0 Å². The lowest BCUT2D eigenvalue weighted by Crippen LogP contribution is -2.34. The molecule has 0 aliphatic heterocycles. The highest BCUT2D eigenvalue weighted by molar-refractivity contribution is 7.99. The van der Waals surface area contributed by atoms with Gasteiger partial charge in [-0.3, -0.25) is 14.2 Å². The third-order valence-electron chi connectivity index (χ3n) is 6.04. The van der Waals surface area contributed by atoms with E-state index in [1.165, 1.54) is 24.6 Å². The second-order valence-corrected chi connectivity index (χ2v) is 10.2. The van der Waals surface area contributed by atoms with E-state index in [4.69, 9.17) is 4.98 Å². The van der Waals surface area contributed by atoms with Crippen molar-refractivity contribution in [2.45, 2.75) is 64.6 Å². The second-order valence-electron chi connectivity index (χ2n) is 8.05. The van der Waals surface area contributed by atoms with Gasteiger partial charge in [-0.05, 0) is 63.3 Å². The van der Waals surface area contributed by atoms with Crippen molar-refractivity contribution >= 4 is 39.2 Å². The molecule has 1 amide bonds. The van der Waals surface area contributed by atoms with Crippen molar-refractivity contribution in [1.29, 1.82) is 0 Å². The molecule has 1 aliphatic rings. The van der Waals surface area contributed by atoms with E-state index < -0.39 is 0 Å². The van der Waals surface area contributed by atoms with Crippen molar-refractivity contribution in [3.05, 3.63) is 50.1 Å². The van der Waals surface area contributed by atoms with Crippen LogP contribution < -0.4 is 10.9 Å².